The third-order valence-corrected chi connectivity index (χ3v) is 2.51. The lowest BCUT2D eigenvalue weighted by molar-refractivity contribution is 0.738. The van der Waals surface area contributed by atoms with Crippen molar-refractivity contribution < 1.29 is 0 Å². The van der Waals surface area contributed by atoms with Crippen LogP contribution >= 0.6 is 0 Å². The molecule has 0 aliphatic rings. The maximum Gasteiger partial charge on any atom is 0.0446 e. The number of aromatic nitrogens is 1. The summed E-state index contributed by atoms with van der Waals surface area (Å²) in [6, 6.07) is 4.12. The minimum Gasteiger partial charge on any atom is -0.292 e. The van der Waals surface area contributed by atoms with Crippen molar-refractivity contribution in [3.05, 3.63) is 29.6 Å². The Morgan fingerprint density at radius 2 is 2.29 bits per heavy atom. The maximum absolute atomic E-state index is 4.36. The summed E-state index contributed by atoms with van der Waals surface area (Å²) in [5.41, 5.74) is 3.43. The molecule has 0 aliphatic carbocycles. The van der Waals surface area contributed by atoms with Gasteiger partial charge in [0, 0.05) is 24.7 Å². The van der Waals surface area contributed by atoms with Crippen LogP contribution in [0.4, 0.5) is 0 Å². The molecule has 0 saturated carbocycles. The summed E-state index contributed by atoms with van der Waals surface area (Å²) in [7, 11) is 1.86. The van der Waals surface area contributed by atoms with Gasteiger partial charge >= 0.3 is 0 Å². The number of rotatable bonds is 3. The Morgan fingerprint density at radius 3 is 2.79 bits per heavy atom. The smallest absolute Gasteiger partial charge is 0.0446 e. The molecule has 2 nitrogen and oxygen atoms in total. The van der Waals surface area contributed by atoms with Crippen LogP contribution in [-0.4, -0.2) is 17.7 Å². The monoisotopic (exact) mass is 190 g/mol. The number of hydrogen-bond donors (Lipinski definition) is 0. The van der Waals surface area contributed by atoms with Crippen molar-refractivity contribution >= 4 is 5.71 Å². The number of hydrogen-bond acceptors (Lipinski definition) is 2. The van der Waals surface area contributed by atoms with E-state index in [0.717, 1.165) is 12.1 Å². The van der Waals surface area contributed by atoms with E-state index in [4.69, 9.17) is 0 Å². The minimum atomic E-state index is 0.516. The van der Waals surface area contributed by atoms with Crippen LogP contribution in [0, 0.1) is 12.8 Å². The lowest BCUT2D eigenvalue weighted by atomic mass is 9.96. The summed E-state index contributed by atoms with van der Waals surface area (Å²) >= 11 is 0. The van der Waals surface area contributed by atoms with Crippen molar-refractivity contribution in [2.75, 3.05) is 7.05 Å². The van der Waals surface area contributed by atoms with E-state index >= 15 is 0 Å². The maximum atomic E-state index is 4.36. The zero-order chi connectivity index (χ0) is 10.6. The Morgan fingerprint density at radius 1 is 1.57 bits per heavy atom. The summed E-state index contributed by atoms with van der Waals surface area (Å²) in [4.78, 5) is 8.55. The van der Waals surface area contributed by atoms with Gasteiger partial charge in [0.25, 0.3) is 0 Å². The van der Waals surface area contributed by atoms with Gasteiger partial charge in [0.1, 0.15) is 0 Å². The van der Waals surface area contributed by atoms with Crippen molar-refractivity contribution in [2.45, 2.75) is 27.2 Å². The van der Waals surface area contributed by atoms with Crippen molar-refractivity contribution in [2.24, 2.45) is 10.9 Å². The molecular formula is C12H18N2. The second-order valence-electron chi connectivity index (χ2n) is 3.60. The zero-order valence-electron chi connectivity index (χ0n) is 9.41. The highest BCUT2D eigenvalue weighted by Crippen LogP contribution is 2.13. The van der Waals surface area contributed by atoms with Crippen molar-refractivity contribution in [1.82, 2.24) is 4.98 Å². The summed E-state index contributed by atoms with van der Waals surface area (Å²) in [5.74, 6) is 0.516. The average molecular weight is 190 g/mol. The molecule has 0 saturated heterocycles. The summed E-state index contributed by atoms with van der Waals surface area (Å²) < 4.78 is 0. The molecule has 0 spiro atoms. The molecular weight excluding hydrogens is 172 g/mol. The van der Waals surface area contributed by atoms with E-state index in [-0.39, 0.29) is 0 Å². The molecule has 0 radical (unpaired) electrons. The quantitative estimate of drug-likeness (QED) is 0.673. The van der Waals surface area contributed by atoms with Gasteiger partial charge in [-0.15, -0.1) is 0 Å². The first kappa shape index (κ1) is 10.9. The lowest BCUT2D eigenvalue weighted by Gasteiger charge is -2.12. The van der Waals surface area contributed by atoms with Crippen LogP contribution in [0.25, 0.3) is 0 Å². The first-order valence-corrected chi connectivity index (χ1v) is 5.08. The van der Waals surface area contributed by atoms with Gasteiger partial charge in [-0.05, 0) is 37.0 Å². The van der Waals surface area contributed by atoms with Crippen molar-refractivity contribution in [1.29, 1.82) is 0 Å². The third kappa shape index (κ3) is 2.41. The molecule has 0 fully saturated rings. The fourth-order valence-electron chi connectivity index (χ4n) is 1.53. The highest BCUT2D eigenvalue weighted by atomic mass is 14.7. The van der Waals surface area contributed by atoms with Gasteiger partial charge in [0.15, 0.2) is 0 Å². The molecule has 0 bridgehead atoms. The Bertz CT molecular complexity index is 329. The number of pyridine rings is 1. The standard InChI is InChI=1S/C12H18N2/c1-5-9(2)12(13-4)11-6-7-14-10(3)8-11/h6-9H,5H2,1-4H3. The van der Waals surface area contributed by atoms with E-state index in [2.05, 4.69) is 29.9 Å². The van der Waals surface area contributed by atoms with Crippen LogP contribution in [0.5, 0.6) is 0 Å². The molecule has 1 aromatic rings. The summed E-state index contributed by atoms with van der Waals surface area (Å²) in [5, 5.41) is 0. The van der Waals surface area contributed by atoms with Gasteiger partial charge in [-0.3, -0.25) is 9.98 Å². The number of nitrogens with zero attached hydrogens (tertiary/aromatic N) is 2. The first-order valence-electron chi connectivity index (χ1n) is 5.08. The molecule has 1 unspecified atom stereocenters. The summed E-state index contributed by atoms with van der Waals surface area (Å²) in [6.07, 6.45) is 2.96. The van der Waals surface area contributed by atoms with Gasteiger partial charge in [0.2, 0.25) is 0 Å². The molecule has 1 aromatic heterocycles. The predicted octanol–water partition coefficient (Wildman–Crippen LogP) is 2.86. The zero-order valence-corrected chi connectivity index (χ0v) is 9.41. The van der Waals surface area contributed by atoms with Gasteiger partial charge in [0.05, 0.1) is 0 Å². The highest BCUT2D eigenvalue weighted by Gasteiger charge is 2.10. The minimum absolute atomic E-state index is 0.516. The second-order valence-corrected chi connectivity index (χ2v) is 3.60. The molecule has 2 heteroatoms. The van der Waals surface area contributed by atoms with Crippen molar-refractivity contribution in [3.63, 3.8) is 0 Å². The Kier molecular flexibility index (Phi) is 3.81. The Balaban J connectivity index is 3.02. The van der Waals surface area contributed by atoms with Gasteiger partial charge < -0.3 is 0 Å². The topological polar surface area (TPSA) is 25.2 Å². The molecule has 14 heavy (non-hydrogen) atoms. The largest absolute Gasteiger partial charge is 0.292 e. The average Bonchev–Trinajstić information content (AvgIpc) is 2.19. The van der Waals surface area contributed by atoms with Crippen LogP contribution in [0.1, 0.15) is 31.5 Å². The molecule has 76 valence electrons. The molecule has 1 atom stereocenters. The van der Waals surface area contributed by atoms with Crippen LogP contribution in [-0.2, 0) is 0 Å². The van der Waals surface area contributed by atoms with Gasteiger partial charge in [-0.2, -0.15) is 0 Å². The SMILES string of the molecule is CCC(C)C(=NC)c1ccnc(C)c1. The van der Waals surface area contributed by atoms with E-state index in [1.807, 2.05) is 26.2 Å². The number of aliphatic imine (C=N–C) groups is 1. The lowest BCUT2D eigenvalue weighted by Crippen LogP contribution is -2.12. The molecule has 1 rings (SSSR count). The van der Waals surface area contributed by atoms with E-state index < -0.39 is 0 Å². The molecule has 0 aromatic carbocycles. The number of aryl methyl sites for hydroxylation is 1. The Hall–Kier alpha value is -1.18. The van der Waals surface area contributed by atoms with E-state index in [9.17, 15) is 0 Å². The van der Waals surface area contributed by atoms with E-state index in [1.54, 1.807) is 0 Å². The fourth-order valence-corrected chi connectivity index (χ4v) is 1.53. The van der Waals surface area contributed by atoms with Crippen LogP contribution in [0.2, 0.25) is 0 Å². The Labute approximate surface area is 86.1 Å². The van der Waals surface area contributed by atoms with E-state index in [0.29, 0.717) is 5.92 Å². The highest BCUT2D eigenvalue weighted by molar-refractivity contribution is 6.01. The van der Waals surface area contributed by atoms with Gasteiger partial charge in [-0.1, -0.05) is 13.8 Å². The third-order valence-electron chi connectivity index (χ3n) is 2.51. The second kappa shape index (κ2) is 4.89. The fraction of sp³-hybridized carbons (Fsp3) is 0.500. The van der Waals surface area contributed by atoms with Crippen LogP contribution < -0.4 is 0 Å². The normalized spacial score (nSPS) is 14.1. The molecule has 0 N–H and O–H groups in total. The van der Waals surface area contributed by atoms with Crippen LogP contribution in [0.15, 0.2) is 23.3 Å². The first-order chi connectivity index (χ1) is 6.69. The molecule has 1 heterocycles. The van der Waals surface area contributed by atoms with Crippen molar-refractivity contribution in [3.8, 4) is 0 Å². The summed E-state index contributed by atoms with van der Waals surface area (Å²) in [6.45, 7) is 6.40. The van der Waals surface area contributed by atoms with Gasteiger partial charge in [-0.25, -0.2) is 0 Å². The molecule has 0 amide bonds. The predicted molar refractivity (Wildman–Crippen MR) is 60.9 cm³/mol. The van der Waals surface area contributed by atoms with E-state index in [1.165, 1.54) is 11.3 Å². The van der Waals surface area contributed by atoms with Crippen LogP contribution in [0.3, 0.4) is 0 Å². The molecule has 0 aliphatic heterocycles.